The van der Waals surface area contributed by atoms with E-state index in [-0.39, 0.29) is 0 Å². The first-order valence-electron chi connectivity index (χ1n) is 6.14. The Bertz CT molecular complexity index is 317. The minimum absolute atomic E-state index is 0.409. The number of esters is 1. The Morgan fingerprint density at radius 2 is 1.78 bits per heavy atom. The third kappa shape index (κ3) is 4.91. The second kappa shape index (κ2) is 5.56. The first-order chi connectivity index (χ1) is 8.22. The number of nitrogens with one attached hydrogen (secondary N) is 2. The second-order valence-corrected chi connectivity index (χ2v) is 5.46. The minimum atomic E-state index is -0.945. The number of alkyl carbamates (subject to hydrolysis) is 1. The number of hydrogen-bond acceptors (Lipinski definition) is 5. The van der Waals surface area contributed by atoms with Crippen LogP contribution in [0.5, 0.6) is 0 Å². The average molecular weight is 258 g/mol. The number of ether oxygens (including phenoxy) is 2. The van der Waals surface area contributed by atoms with Crippen LogP contribution in [0.15, 0.2) is 0 Å². The number of piperidine rings is 1. The number of carbonyl (C=O) groups excluding carboxylic acids is 2. The van der Waals surface area contributed by atoms with E-state index in [0.717, 1.165) is 0 Å². The van der Waals surface area contributed by atoms with E-state index in [4.69, 9.17) is 9.47 Å². The third-order valence-corrected chi connectivity index (χ3v) is 2.48. The van der Waals surface area contributed by atoms with Gasteiger partial charge in [-0.25, -0.2) is 4.79 Å². The number of carbonyl (C=O) groups is 2. The standard InChI is InChI=1S/C12H22N2O4/c1-9(15)17-12(5-7-13-8-6-12)14-10(16)18-11(2,3)4/h13H,5-8H2,1-4H3,(H,14,16). The van der Waals surface area contributed by atoms with Gasteiger partial charge in [0.05, 0.1) is 0 Å². The highest BCUT2D eigenvalue weighted by molar-refractivity contribution is 5.70. The molecule has 1 fully saturated rings. The Hall–Kier alpha value is -1.30. The number of hydrogen-bond donors (Lipinski definition) is 2. The largest absolute Gasteiger partial charge is 0.444 e. The molecule has 0 bridgehead atoms. The van der Waals surface area contributed by atoms with Gasteiger partial charge in [-0.2, -0.15) is 0 Å². The van der Waals surface area contributed by atoms with Gasteiger partial charge in [0.1, 0.15) is 5.60 Å². The van der Waals surface area contributed by atoms with Gasteiger partial charge in [-0.3, -0.25) is 10.1 Å². The zero-order valence-electron chi connectivity index (χ0n) is 11.5. The summed E-state index contributed by atoms with van der Waals surface area (Å²) in [5.74, 6) is -0.409. The maximum atomic E-state index is 11.8. The highest BCUT2D eigenvalue weighted by Crippen LogP contribution is 2.21. The fourth-order valence-electron chi connectivity index (χ4n) is 1.85. The van der Waals surface area contributed by atoms with E-state index in [9.17, 15) is 9.59 Å². The topological polar surface area (TPSA) is 76.7 Å². The summed E-state index contributed by atoms with van der Waals surface area (Å²) in [4.78, 5) is 22.9. The molecule has 0 aromatic carbocycles. The quantitative estimate of drug-likeness (QED) is 0.574. The predicted molar refractivity (Wildman–Crippen MR) is 66.0 cm³/mol. The molecule has 0 unspecified atom stereocenters. The van der Waals surface area contributed by atoms with Gasteiger partial charge in [0.25, 0.3) is 0 Å². The number of rotatable bonds is 2. The smallest absolute Gasteiger partial charge is 0.410 e. The molecule has 0 saturated carbocycles. The minimum Gasteiger partial charge on any atom is -0.444 e. The second-order valence-electron chi connectivity index (χ2n) is 5.46. The van der Waals surface area contributed by atoms with Crippen molar-refractivity contribution in [2.24, 2.45) is 0 Å². The van der Waals surface area contributed by atoms with Gasteiger partial charge in [0.15, 0.2) is 5.72 Å². The van der Waals surface area contributed by atoms with Crippen molar-refractivity contribution in [1.29, 1.82) is 0 Å². The molecule has 1 amide bonds. The molecule has 1 saturated heterocycles. The van der Waals surface area contributed by atoms with Gasteiger partial charge < -0.3 is 14.8 Å². The maximum absolute atomic E-state index is 11.8. The average Bonchev–Trinajstić information content (AvgIpc) is 2.13. The fraction of sp³-hybridized carbons (Fsp3) is 0.833. The molecule has 6 nitrogen and oxygen atoms in total. The van der Waals surface area contributed by atoms with Crippen molar-refractivity contribution in [1.82, 2.24) is 10.6 Å². The molecule has 18 heavy (non-hydrogen) atoms. The van der Waals surface area contributed by atoms with E-state index in [1.807, 2.05) is 0 Å². The number of amides is 1. The van der Waals surface area contributed by atoms with Crippen molar-refractivity contribution >= 4 is 12.1 Å². The van der Waals surface area contributed by atoms with Gasteiger partial charge in [-0.15, -0.1) is 0 Å². The molecule has 1 rings (SSSR count). The Labute approximate surface area is 107 Å². The molecule has 0 aliphatic carbocycles. The molecule has 2 N–H and O–H groups in total. The van der Waals surface area contributed by atoms with Crippen molar-refractivity contribution in [3.8, 4) is 0 Å². The van der Waals surface area contributed by atoms with E-state index >= 15 is 0 Å². The van der Waals surface area contributed by atoms with Crippen molar-refractivity contribution in [2.75, 3.05) is 13.1 Å². The van der Waals surface area contributed by atoms with Crippen molar-refractivity contribution in [2.45, 2.75) is 51.9 Å². The lowest BCUT2D eigenvalue weighted by atomic mass is 10.0. The third-order valence-electron chi connectivity index (χ3n) is 2.48. The molecular formula is C12H22N2O4. The molecule has 1 aliphatic rings. The molecule has 1 aliphatic heterocycles. The van der Waals surface area contributed by atoms with Gasteiger partial charge in [-0.05, 0) is 20.8 Å². The van der Waals surface area contributed by atoms with Crippen molar-refractivity contribution < 1.29 is 19.1 Å². The van der Waals surface area contributed by atoms with Crippen LogP contribution >= 0.6 is 0 Å². The summed E-state index contributed by atoms with van der Waals surface area (Å²) in [7, 11) is 0. The predicted octanol–water partition coefficient (Wildman–Crippen LogP) is 1.15. The van der Waals surface area contributed by atoms with Crippen LogP contribution < -0.4 is 10.6 Å². The normalized spacial score (nSPS) is 18.9. The van der Waals surface area contributed by atoms with Gasteiger partial charge in [0, 0.05) is 32.9 Å². The van der Waals surface area contributed by atoms with Crippen LogP contribution in [0.3, 0.4) is 0 Å². The molecule has 6 heteroatoms. The van der Waals surface area contributed by atoms with Gasteiger partial charge >= 0.3 is 12.1 Å². The summed E-state index contributed by atoms with van der Waals surface area (Å²) >= 11 is 0. The molecule has 1 heterocycles. The molecular weight excluding hydrogens is 236 g/mol. The van der Waals surface area contributed by atoms with Crippen LogP contribution in [-0.2, 0) is 14.3 Å². The Morgan fingerprint density at radius 3 is 2.22 bits per heavy atom. The Balaban J connectivity index is 2.66. The van der Waals surface area contributed by atoms with E-state index in [1.165, 1.54) is 6.92 Å². The summed E-state index contributed by atoms with van der Waals surface area (Å²) < 4.78 is 10.5. The van der Waals surface area contributed by atoms with E-state index in [0.29, 0.717) is 25.9 Å². The SMILES string of the molecule is CC(=O)OC1(NC(=O)OC(C)(C)C)CCNCC1. The van der Waals surface area contributed by atoms with Crippen molar-refractivity contribution in [3.63, 3.8) is 0 Å². The van der Waals surface area contributed by atoms with E-state index < -0.39 is 23.4 Å². The van der Waals surface area contributed by atoms with Crippen LogP contribution in [0, 0.1) is 0 Å². The van der Waals surface area contributed by atoms with Crippen LogP contribution in [0.2, 0.25) is 0 Å². The fourth-order valence-corrected chi connectivity index (χ4v) is 1.85. The van der Waals surface area contributed by atoms with E-state index in [1.54, 1.807) is 20.8 Å². The molecule has 104 valence electrons. The zero-order chi connectivity index (χ0) is 13.8. The summed E-state index contributed by atoms with van der Waals surface area (Å²) in [5, 5.41) is 5.83. The molecule has 0 spiro atoms. The monoisotopic (exact) mass is 258 g/mol. The molecule has 0 aromatic heterocycles. The highest BCUT2D eigenvalue weighted by atomic mass is 16.6. The molecule has 0 atom stereocenters. The van der Waals surface area contributed by atoms with Crippen LogP contribution in [0.4, 0.5) is 4.79 Å². The Morgan fingerprint density at radius 1 is 1.22 bits per heavy atom. The summed E-state index contributed by atoms with van der Waals surface area (Å²) in [6.45, 7) is 8.06. The lowest BCUT2D eigenvalue weighted by molar-refractivity contribution is -0.163. The van der Waals surface area contributed by atoms with Gasteiger partial charge in [-0.1, -0.05) is 0 Å². The van der Waals surface area contributed by atoms with Crippen LogP contribution in [0.25, 0.3) is 0 Å². The molecule has 0 radical (unpaired) electrons. The summed E-state index contributed by atoms with van der Waals surface area (Å²) in [6.07, 6.45) is 0.503. The van der Waals surface area contributed by atoms with Crippen LogP contribution in [0.1, 0.15) is 40.5 Å². The maximum Gasteiger partial charge on any atom is 0.410 e. The van der Waals surface area contributed by atoms with Crippen LogP contribution in [-0.4, -0.2) is 36.5 Å². The molecule has 0 aromatic rings. The first-order valence-corrected chi connectivity index (χ1v) is 6.14. The van der Waals surface area contributed by atoms with Gasteiger partial charge in [0.2, 0.25) is 0 Å². The zero-order valence-corrected chi connectivity index (χ0v) is 11.5. The summed E-state index contributed by atoms with van der Waals surface area (Å²) in [5.41, 5.74) is -1.52. The Kier molecular flexibility index (Phi) is 4.56. The first kappa shape index (κ1) is 14.8. The van der Waals surface area contributed by atoms with E-state index in [2.05, 4.69) is 10.6 Å². The lowest BCUT2D eigenvalue weighted by Gasteiger charge is -2.37. The summed E-state index contributed by atoms with van der Waals surface area (Å²) in [6, 6.07) is 0. The van der Waals surface area contributed by atoms with Crippen molar-refractivity contribution in [3.05, 3.63) is 0 Å². The highest BCUT2D eigenvalue weighted by Gasteiger charge is 2.38. The lowest BCUT2D eigenvalue weighted by Crippen LogP contribution is -2.57.